The second kappa shape index (κ2) is 13.5. The third-order valence-corrected chi connectivity index (χ3v) is 5.16. The molecule has 0 bridgehead atoms. The van der Waals surface area contributed by atoms with E-state index in [2.05, 4.69) is 0 Å². The molecule has 0 spiro atoms. The Hall–Kier alpha value is -2.82. The van der Waals surface area contributed by atoms with Gasteiger partial charge in [0.25, 0.3) is 5.91 Å². The smallest absolute Gasteiger partial charge is 0.485 e. The Balaban J connectivity index is 0.000000697. The zero-order valence-corrected chi connectivity index (χ0v) is 20.2. The summed E-state index contributed by atoms with van der Waals surface area (Å²) in [6.45, 7) is 3.24. The van der Waals surface area contributed by atoms with Crippen LogP contribution in [0.25, 0.3) is 0 Å². The van der Waals surface area contributed by atoms with Crippen LogP contribution in [0.2, 0.25) is 0 Å². The van der Waals surface area contributed by atoms with Gasteiger partial charge in [-0.2, -0.15) is 17.7 Å². The molecule has 12 nitrogen and oxygen atoms in total. The monoisotopic (exact) mass is 544 g/mol. The second-order valence-corrected chi connectivity index (χ2v) is 8.83. The van der Waals surface area contributed by atoms with Crippen molar-refractivity contribution in [2.75, 3.05) is 6.61 Å². The fourth-order valence-electron chi connectivity index (χ4n) is 2.99. The minimum atomic E-state index is -6.09. The summed E-state index contributed by atoms with van der Waals surface area (Å²) in [7, 11) is -6.09. The van der Waals surface area contributed by atoms with Crippen molar-refractivity contribution in [2.45, 2.75) is 69.6 Å². The fraction of sp³-hybridized carbons (Fsp3) is 0.600. The average Bonchev–Trinajstić information content (AvgIpc) is 3.10. The topological polar surface area (TPSA) is 186 Å². The summed E-state index contributed by atoms with van der Waals surface area (Å²) in [5, 5.41) is 9.70. The molecule has 3 N–H and O–H groups in total. The summed E-state index contributed by atoms with van der Waals surface area (Å²) in [6, 6.07) is 3.13. The van der Waals surface area contributed by atoms with E-state index in [1.165, 1.54) is 16.8 Å². The number of aliphatic hydroxyl groups excluding tert-OH is 1. The number of nitrogens with zero attached hydrogens (tertiary/aromatic N) is 1. The molecule has 1 amide bonds. The van der Waals surface area contributed by atoms with Gasteiger partial charge in [-0.15, -0.1) is 0 Å². The van der Waals surface area contributed by atoms with Crippen LogP contribution < -0.4 is 10.3 Å². The molecule has 4 atom stereocenters. The fourth-order valence-corrected chi connectivity index (χ4v) is 2.99. The van der Waals surface area contributed by atoms with Crippen molar-refractivity contribution in [2.24, 2.45) is 5.73 Å². The highest BCUT2D eigenvalue weighted by Crippen LogP contribution is 2.31. The van der Waals surface area contributed by atoms with Gasteiger partial charge in [0.1, 0.15) is 11.7 Å². The molecule has 0 aromatic carbocycles. The van der Waals surface area contributed by atoms with Crippen LogP contribution in [0.15, 0.2) is 24.5 Å². The van der Waals surface area contributed by atoms with Crippen molar-refractivity contribution < 1.29 is 64.4 Å². The lowest BCUT2D eigenvalue weighted by atomic mass is 10.1. The molecule has 0 saturated carbocycles. The van der Waals surface area contributed by atoms with Gasteiger partial charge >= 0.3 is 23.7 Å². The first-order valence-corrected chi connectivity index (χ1v) is 12.0. The van der Waals surface area contributed by atoms with Gasteiger partial charge in [-0.05, 0) is 18.9 Å². The number of aromatic nitrogens is 1. The number of ether oxygens (including phenoxy) is 3. The SMILES string of the molecule is CCCC(=O)O[C@@H]1[C@@H](CO)OC([n+]2cccc(C(N)=O)c2)[C@@H]1OC(=O)CCC.O=S(=O)([O-])C(F)(F)F. The number of nitrogens with two attached hydrogens (primary N) is 1. The lowest BCUT2D eigenvalue weighted by Gasteiger charge is -2.22. The van der Waals surface area contributed by atoms with E-state index in [0.29, 0.717) is 12.8 Å². The molecule has 2 rings (SSSR count). The average molecular weight is 545 g/mol. The molecule has 204 valence electrons. The van der Waals surface area contributed by atoms with Gasteiger partial charge in [0.05, 0.1) is 6.61 Å². The predicted molar refractivity (Wildman–Crippen MR) is 111 cm³/mol. The zero-order valence-electron chi connectivity index (χ0n) is 19.3. The Morgan fingerprint density at radius 1 is 1.14 bits per heavy atom. The van der Waals surface area contributed by atoms with Crippen LogP contribution in [0.4, 0.5) is 13.2 Å². The van der Waals surface area contributed by atoms with Crippen LogP contribution in [-0.2, 0) is 33.9 Å². The van der Waals surface area contributed by atoms with Crippen molar-refractivity contribution in [1.29, 1.82) is 0 Å². The third kappa shape index (κ3) is 9.00. The highest BCUT2D eigenvalue weighted by atomic mass is 32.2. The lowest BCUT2D eigenvalue weighted by Crippen LogP contribution is -2.49. The molecular formula is C20H27F3N2O10S. The van der Waals surface area contributed by atoms with Crippen LogP contribution in [0.3, 0.4) is 0 Å². The van der Waals surface area contributed by atoms with E-state index in [1.807, 2.05) is 13.8 Å². The van der Waals surface area contributed by atoms with Crippen molar-refractivity contribution >= 4 is 28.0 Å². The molecule has 1 unspecified atom stereocenters. The first-order valence-electron chi connectivity index (χ1n) is 10.6. The molecule has 0 radical (unpaired) electrons. The molecule has 36 heavy (non-hydrogen) atoms. The molecule has 1 saturated heterocycles. The molecule has 16 heteroatoms. The van der Waals surface area contributed by atoms with Crippen molar-refractivity contribution in [3.8, 4) is 0 Å². The van der Waals surface area contributed by atoms with E-state index < -0.39 is 64.6 Å². The molecule has 1 aliphatic heterocycles. The van der Waals surface area contributed by atoms with Crippen LogP contribution in [0, 0.1) is 0 Å². The van der Waals surface area contributed by atoms with Crippen LogP contribution >= 0.6 is 0 Å². The normalized spacial score (nSPS) is 21.8. The van der Waals surface area contributed by atoms with Crippen molar-refractivity contribution in [3.05, 3.63) is 30.1 Å². The quantitative estimate of drug-likeness (QED) is 0.191. The van der Waals surface area contributed by atoms with Gasteiger partial charge in [-0.1, -0.05) is 13.8 Å². The Kier molecular flexibility index (Phi) is 11.7. The van der Waals surface area contributed by atoms with Gasteiger partial charge in [-0.3, -0.25) is 14.4 Å². The highest BCUT2D eigenvalue weighted by molar-refractivity contribution is 7.86. The number of pyridine rings is 1. The summed E-state index contributed by atoms with van der Waals surface area (Å²) in [4.78, 5) is 35.7. The minimum absolute atomic E-state index is 0.189. The molecule has 2 heterocycles. The lowest BCUT2D eigenvalue weighted by molar-refractivity contribution is -0.765. The van der Waals surface area contributed by atoms with E-state index in [4.69, 9.17) is 32.9 Å². The van der Waals surface area contributed by atoms with Crippen molar-refractivity contribution in [3.63, 3.8) is 0 Å². The molecule has 1 aliphatic rings. The number of carbonyl (C=O) groups is 3. The Morgan fingerprint density at radius 3 is 2.06 bits per heavy atom. The number of carbonyl (C=O) groups excluding carboxylic acids is 3. The number of esters is 2. The number of aliphatic hydroxyl groups is 1. The van der Waals surface area contributed by atoms with E-state index in [0.717, 1.165) is 0 Å². The Bertz CT molecular complexity index is 1020. The number of hydrogen-bond acceptors (Lipinski definition) is 10. The molecule has 1 aromatic rings. The van der Waals surface area contributed by atoms with E-state index in [-0.39, 0.29) is 18.4 Å². The number of hydrogen-bond donors (Lipinski definition) is 2. The van der Waals surface area contributed by atoms with Crippen LogP contribution in [0.5, 0.6) is 0 Å². The van der Waals surface area contributed by atoms with E-state index in [9.17, 15) is 32.7 Å². The first kappa shape index (κ1) is 31.2. The minimum Gasteiger partial charge on any atom is -0.741 e. The predicted octanol–water partition coefficient (Wildman–Crippen LogP) is 0.438. The molecular weight excluding hydrogens is 517 g/mol. The number of halogens is 3. The summed E-state index contributed by atoms with van der Waals surface area (Å²) >= 11 is 0. The van der Waals surface area contributed by atoms with Crippen molar-refractivity contribution in [1.82, 2.24) is 0 Å². The van der Waals surface area contributed by atoms with Gasteiger partial charge in [0.2, 0.25) is 6.10 Å². The first-order chi connectivity index (χ1) is 16.7. The summed E-state index contributed by atoms with van der Waals surface area (Å²) in [5.41, 5.74) is -0.0843. The Labute approximate surface area is 204 Å². The number of rotatable bonds is 9. The van der Waals surface area contributed by atoms with E-state index >= 15 is 0 Å². The number of primary amides is 1. The summed E-state index contributed by atoms with van der Waals surface area (Å²) in [6.07, 6.45) is 0.908. The zero-order chi connectivity index (χ0) is 27.7. The molecule has 0 aliphatic carbocycles. The Morgan fingerprint density at radius 2 is 1.64 bits per heavy atom. The maximum Gasteiger partial charge on any atom is 0.485 e. The standard InChI is InChI=1S/C19H26N2O7.CHF3O3S/c1-3-6-14(23)27-16-13(11-22)26-19(17(16)28-15(24)7-4-2)21-9-5-8-12(10-21)18(20)25;2-1(3,4)8(5,6)7/h5,8-10,13,16-17,19,22H,3-4,6-7,11H2,1-2H3,(H-,20,25);(H,5,6,7)/t13-,16-,17-,19?;/m1./s1. The van der Waals surface area contributed by atoms with Crippen LogP contribution in [-0.4, -0.2) is 66.3 Å². The number of alkyl halides is 3. The second-order valence-electron chi connectivity index (χ2n) is 7.46. The molecule has 1 fully saturated rings. The number of amides is 1. The van der Waals surface area contributed by atoms with Crippen LogP contribution in [0.1, 0.15) is 56.1 Å². The molecule has 1 aromatic heterocycles. The maximum atomic E-state index is 12.1. The maximum absolute atomic E-state index is 12.1. The van der Waals surface area contributed by atoms with Gasteiger partial charge in [0.15, 0.2) is 28.6 Å². The summed E-state index contributed by atoms with van der Waals surface area (Å²) in [5.74, 6) is -1.57. The highest BCUT2D eigenvalue weighted by Gasteiger charge is 2.54. The van der Waals surface area contributed by atoms with Gasteiger partial charge in [-0.25, -0.2) is 8.42 Å². The summed E-state index contributed by atoms with van der Waals surface area (Å²) < 4.78 is 77.3. The largest absolute Gasteiger partial charge is 0.741 e. The third-order valence-electron chi connectivity index (χ3n) is 4.59. The van der Waals surface area contributed by atoms with Gasteiger partial charge < -0.3 is 29.6 Å². The van der Waals surface area contributed by atoms with Gasteiger partial charge in [0, 0.05) is 18.9 Å². The van der Waals surface area contributed by atoms with E-state index in [1.54, 1.807) is 12.3 Å².